The van der Waals surface area contributed by atoms with Gasteiger partial charge in [-0.25, -0.2) is 0 Å². The van der Waals surface area contributed by atoms with Gasteiger partial charge in [0.15, 0.2) is 17.8 Å². The summed E-state index contributed by atoms with van der Waals surface area (Å²) in [5, 5.41) is 11.5. The van der Waals surface area contributed by atoms with Gasteiger partial charge in [0.2, 0.25) is 0 Å². The van der Waals surface area contributed by atoms with Crippen LogP contribution in [0.2, 0.25) is 0 Å². The van der Waals surface area contributed by atoms with E-state index in [0.717, 1.165) is 12.8 Å². The van der Waals surface area contributed by atoms with Gasteiger partial charge in [-0.3, -0.25) is 14.4 Å². The lowest BCUT2D eigenvalue weighted by molar-refractivity contribution is 0.0173. The monoisotopic (exact) mass is 351 g/mol. The highest BCUT2D eigenvalue weighted by Crippen LogP contribution is 2.43. The maximum atomic E-state index is 13.2. The molecule has 0 saturated carbocycles. The second-order valence-electron chi connectivity index (χ2n) is 7.19. The van der Waals surface area contributed by atoms with Crippen LogP contribution in [-0.2, 0) is 0 Å². The van der Waals surface area contributed by atoms with E-state index < -0.39 is 12.1 Å². The Labute approximate surface area is 151 Å². The average molecular weight is 351 g/mol. The van der Waals surface area contributed by atoms with Gasteiger partial charge in [0.05, 0.1) is 5.92 Å². The molecule has 5 heteroatoms. The number of amides is 1. The van der Waals surface area contributed by atoms with Crippen molar-refractivity contribution in [3.63, 3.8) is 0 Å². The zero-order valence-corrected chi connectivity index (χ0v) is 15.1. The van der Waals surface area contributed by atoms with Crippen LogP contribution in [-0.4, -0.2) is 34.5 Å². The molecule has 2 atom stereocenters. The number of benzene rings is 2. The number of hydrogen-bond donors (Lipinski definition) is 1. The third-order valence-electron chi connectivity index (χ3n) is 6.00. The number of aliphatic hydroxyl groups excluding tert-OH is 1. The first-order chi connectivity index (χ1) is 12.4. The highest BCUT2D eigenvalue weighted by molar-refractivity contribution is 6.31. The van der Waals surface area contributed by atoms with E-state index in [1.54, 1.807) is 24.3 Å². The van der Waals surface area contributed by atoms with Gasteiger partial charge in [0, 0.05) is 40.1 Å². The highest BCUT2D eigenvalue weighted by atomic mass is 16.3. The van der Waals surface area contributed by atoms with Gasteiger partial charge in [-0.1, -0.05) is 38.8 Å². The molecule has 2 aliphatic rings. The van der Waals surface area contributed by atoms with Gasteiger partial charge in [-0.2, -0.15) is 0 Å². The number of nitrogens with zero attached hydrogens (tertiary/aromatic N) is 1. The molecule has 2 unspecified atom stereocenters. The summed E-state index contributed by atoms with van der Waals surface area (Å²) in [6, 6.07) is 6.71. The minimum Gasteiger partial charge on any atom is -0.369 e. The molecule has 0 saturated heterocycles. The molecule has 26 heavy (non-hydrogen) atoms. The third-order valence-corrected chi connectivity index (χ3v) is 6.00. The van der Waals surface area contributed by atoms with Crippen LogP contribution in [0.15, 0.2) is 24.3 Å². The van der Waals surface area contributed by atoms with Crippen LogP contribution in [0.5, 0.6) is 0 Å². The van der Waals surface area contributed by atoms with Crippen LogP contribution in [0.1, 0.15) is 69.6 Å². The zero-order chi connectivity index (χ0) is 18.7. The van der Waals surface area contributed by atoms with Gasteiger partial charge in [0.25, 0.3) is 5.91 Å². The molecule has 0 aromatic heterocycles. The Bertz CT molecular complexity index is 951. The fourth-order valence-corrected chi connectivity index (χ4v) is 4.48. The molecule has 4 rings (SSSR count). The van der Waals surface area contributed by atoms with Crippen molar-refractivity contribution >= 4 is 28.2 Å². The van der Waals surface area contributed by atoms with Gasteiger partial charge in [-0.05, 0) is 18.1 Å². The summed E-state index contributed by atoms with van der Waals surface area (Å²) in [5.74, 6) is -1.30. The molecule has 1 aliphatic carbocycles. The first kappa shape index (κ1) is 16.9. The smallest absolute Gasteiger partial charge is 0.256 e. The number of Topliss-reactive ketones (excluding diaryl/α,β-unsaturated/α-hetero) is 2. The Balaban J connectivity index is 2.04. The van der Waals surface area contributed by atoms with E-state index in [-0.39, 0.29) is 23.4 Å². The normalized spacial score (nSPS) is 21.9. The molecule has 5 nitrogen and oxygen atoms in total. The highest BCUT2D eigenvalue weighted by Gasteiger charge is 2.42. The molecule has 0 radical (unpaired) electrons. The molecule has 0 spiro atoms. The van der Waals surface area contributed by atoms with E-state index >= 15 is 0 Å². The van der Waals surface area contributed by atoms with Crippen molar-refractivity contribution in [3.05, 3.63) is 46.5 Å². The third kappa shape index (κ3) is 1.98. The Morgan fingerprint density at radius 2 is 1.46 bits per heavy atom. The largest absolute Gasteiger partial charge is 0.369 e. The molecule has 0 fully saturated rings. The number of ketones is 2. The maximum absolute atomic E-state index is 13.2. The van der Waals surface area contributed by atoms with Crippen LogP contribution in [0, 0.1) is 11.8 Å². The lowest BCUT2D eigenvalue weighted by atomic mass is 9.71. The number of rotatable bonds is 3. The minimum atomic E-state index is -1.08. The SMILES string of the molecule is CCC(CC)C1C(=O)c2ccc3c4c(ccc(c24)C1=O)C(O)N(C)C3=O. The number of aliphatic hydroxyl groups is 1. The quantitative estimate of drug-likeness (QED) is 0.861. The zero-order valence-electron chi connectivity index (χ0n) is 15.1. The van der Waals surface area contributed by atoms with Crippen molar-refractivity contribution in [2.75, 3.05) is 7.05 Å². The Hall–Kier alpha value is -2.53. The molecule has 1 heterocycles. The second kappa shape index (κ2) is 5.74. The topological polar surface area (TPSA) is 74.7 Å². The van der Waals surface area contributed by atoms with Gasteiger partial charge >= 0.3 is 0 Å². The van der Waals surface area contributed by atoms with Crippen molar-refractivity contribution in [2.24, 2.45) is 11.8 Å². The number of carbonyl (C=O) groups excluding carboxylic acids is 3. The van der Waals surface area contributed by atoms with Gasteiger partial charge < -0.3 is 10.0 Å². The van der Waals surface area contributed by atoms with Crippen molar-refractivity contribution in [1.82, 2.24) is 4.90 Å². The Morgan fingerprint density at radius 3 is 2.04 bits per heavy atom. The van der Waals surface area contributed by atoms with E-state index in [1.165, 1.54) is 11.9 Å². The van der Waals surface area contributed by atoms with Crippen LogP contribution in [0.25, 0.3) is 10.8 Å². The molecule has 2 aromatic carbocycles. The second-order valence-corrected chi connectivity index (χ2v) is 7.19. The summed E-state index contributed by atoms with van der Waals surface area (Å²) >= 11 is 0. The van der Waals surface area contributed by atoms with E-state index in [1.807, 2.05) is 13.8 Å². The van der Waals surface area contributed by atoms with Crippen LogP contribution >= 0.6 is 0 Å². The van der Waals surface area contributed by atoms with E-state index in [4.69, 9.17) is 0 Å². The molecule has 1 amide bonds. The summed E-state index contributed by atoms with van der Waals surface area (Å²) in [5.41, 5.74) is 1.96. The number of hydrogen-bond acceptors (Lipinski definition) is 4. The molecule has 0 bridgehead atoms. The standard InChI is InChI=1S/C21H21NO4/c1-4-10(5-2)15-18(23)11-6-8-13-17-14(21(26)22(3)20(13)25)9-7-12(16(11)17)19(15)24/h6-10,15,20,25H,4-5H2,1-3H3. The van der Waals surface area contributed by atoms with E-state index in [2.05, 4.69) is 0 Å². The molecule has 134 valence electrons. The van der Waals surface area contributed by atoms with E-state index in [0.29, 0.717) is 33.0 Å². The Morgan fingerprint density at radius 1 is 0.923 bits per heavy atom. The first-order valence-corrected chi connectivity index (χ1v) is 9.05. The average Bonchev–Trinajstić information content (AvgIpc) is 2.65. The maximum Gasteiger partial charge on any atom is 0.256 e. The summed E-state index contributed by atoms with van der Waals surface area (Å²) in [4.78, 5) is 40.1. The Kier molecular flexibility index (Phi) is 3.74. The molecular formula is C21H21NO4. The molecule has 2 aromatic rings. The fraction of sp³-hybridized carbons (Fsp3) is 0.381. The van der Waals surface area contributed by atoms with Crippen molar-refractivity contribution in [3.8, 4) is 0 Å². The van der Waals surface area contributed by atoms with Crippen LogP contribution < -0.4 is 0 Å². The summed E-state index contributed by atoms with van der Waals surface area (Å²) in [6.07, 6.45) is 0.436. The molecular weight excluding hydrogens is 330 g/mol. The first-order valence-electron chi connectivity index (χ1n) is 9.05. The van der Waals surface area contributed by atoms with Gasteiger partial charge in [0.1, 0.15) is 0 Å². The van der Waals surface area contributed by atoms with E-state index in [9.17, 15) is 19.5 Å². The van der Waals surface area contributed by atoms with Crippen LogP contribution in [0.4, 0.5) is 0 Å². The molecule has 1 aliphatic heterocycles. The predicted molar refractivity (Wildman–Crippen MR) is 97.2 cm³/mol. The summed E-state index contributed by atoms with van der Waals surface area (Å²) in [7, 11) is 1.54. The van der Waals surface area contributed by atoms with Crippen molar-refractivity contribution in [2.45, 2.75) is 32.9 Å². The molecule has 1 N–H and O–H groups in total. The lowest BCUT2D eigenvalue weighted by Gasteiger charge is -2.34. The predicted octanol–water partition coefficient (Wildman–Crippen LogP) is 3.35. The van der Waals surface area contributed by atoms with Crippen molar-refractivity contribution < 1.29 is 19.5 Å². The number of carbonyl (C=O) groups is 3. The summed E-state index contributed by atoms with van der Waals surface area (Å²) < 4.78 is 0. The lowest BCUT2D eigenvalue weighted by Crippen LogP contribution is -2.38. The summed E-state index contributed by atoms with van der Waals surface area (Å²) in [6.45, 7) is 3.99. The minimum absolute atomic E-state index is 0.00353. The fourth-order valence-electron chi connectivity index (χ4n) is 4.48. The van der Waals surface area contributed by atoms with Crippen molar-refractivity contribution in [1.29, 1.82) is 0 Å². The van der Waals surface area contributed by atoms with Gasteiger partial charge in [-0.15, -0.1) is 0 Å². The van der Waals surface area contributed by atoms with Crippen LogP contribution in [0.3, 0.4) is 0 Å².